The third-order valence-corrected chi connectivity index (χ3v) is 2.50. The zero-order valence-corrected chi connectivity index (χ0v) is 8.95. The summed E-state index contributed by atoms with van der Waals surface area (Å²) in [6.07, 6.45) is 1.66. The van der Waals surface area contributed by atoms with E-state index in [0.717, 1.165) is 16.9 Å². The molecule has 1 aromatic carbocycles. The lowest BCUT2D eigenvalue weighted by atomic mass is 9.93. The minimum absolute atomic E-state index is 0.0541. The van der Waals surface area contributed by atoms with Gasteiger partial charge in [-0.05, 0) is 26.0 Å². The molecule has 0 aromatic heterocycles. The van der Waals surface area contributed by atoms with Crippen molar-refractivity contribution in [3.05, 3.63) is 48.2 Å². The van der Waals surface area contributed by atoms with Crippen LogP contribution in [0.15, 0.2) is 42.7 Å². The van der Waals surface area contributed by atoms with Crippen molar-refractivity contribution >= 4 is 5.57 Å². The lowest BCUT2D eigenvalue weighted by Gasteiger charge is -2.19. The molecule has 0 saturated carbocycles. The fourth-order valence-electron chi connectivity index (χ4n) is 1.85. The number of rotatable bonds is 1. The molecule has 78 valence electrons. The number of hydrogen-bond acceptors (Lipinski definition) is 2. The predicted molar refractivity (Wildman–Crippen MR) is 60.9 cm³/mol. The first-order valence-corrected chi connectivity index (χ1v) is 4.89. The fraction of sp³-hybridized carbons (Fsp3) is 0.231. The highest BCUT2D eigenvalue weighted by Crippen LogP contribution is 2.43. The monoisotopic (exact) mass is 202 g/mol. The molecule has 15 heavy (non-hydrogen) atoms. The van der Waals surface area contributed by atoms with Crippen molar-refractivity contribution < 1.29 is 9.84 Å². The van der Waals surface area contributed by atoms with E-state index in [-0.39, 0.29) is 5.76 Å². The normalized spacial score (nSPS) is 19.7. The van der Waals surface area contributed by atoms with Crippen LogP contribution >= 0.6 is 0 Å². The molecule has 0 fully saturated rings. The molecule has 0 aliphatic carbocycles. The van der Waals surface area contributed by atoms with E-state index < -0.39 is 5.60 Å². The quantitative estimate of drug-likeness (QED) is 0.708. The van der Waals surface area contributed by atoms with Crippen molar-refractivity contribution in [3.63, 3.8) is 0 Å². The molecule has 0 spiro atoms. The first-order valence-electron chi connectivity index (χ1n) is 4.89. The topological polar surface area (TPSA) is 29.5 Å². The Kier molecular flexibility index (Phi) is 2.07. The minimum atomic E-state index is -0.407. The summed E-state index contributed by atoms with van der Waals surface area (Å²) >= 11 is 0. The van der Waals surface area contributed by atoms with Gasteiger partial charge in [-0.25, -0.2) is 0 Å². The van der Waals surface area contributed by atoms with Gasteiger partial charge in [-0.2, -0.15) is 0 Å². The maximum absolute atomic E-state index is 9.24. The molecular weight excluding hydrogens is 188 g/mol. The molecule has 0 unspecified atom stereocenters. The van der Waals surface area contributed by atoms with E-state index >= 15 is 0 Å². The molecule has 1 N–H and O–H groups in total. The summed E-state index contributed by atoms with van der Waals surface area (Å²) in [5.41, 5.74) is 1.58. The average molecular weight is 202 g/mol. The molecule has 0 bridgehead atoms. The Morgan fingerprint density at radius 3 is 2.73 bits per heavy atom. The zero-order chi connectivity index (χ0) is 11.1. The summed E-state index contributed by atoms with van der Waals surface area (Å²) in [6.45, 7) is 7.43. The van der Waals surface area contributed by atoms with Gasteiger partial charge in [0.2, 0.25) is 0 Å². The van der Waals surface area contributed by atoms with E-state index in [2.05, 4.69) is 6.58 Å². The molecule has 1 aliphatic rings. The number of hydrogen-bond donors (Lipinski definition) is 1. The highest BCUT2D eigenvalue weighted by Gasteiger charge is 2.35. The molecule has 0 saturated heterocycles. The van der Waals surface area contributed by atoms with E-state index in [0.29, 0.717) is 0 Å². The van der Waals surface area contributed by atoms with Gasteiger partial charge < -0.3 is 9.84 Å². The first-order chi connectivity index (χ1) is 7.00. The van der Waals surface area contributed by atoms with Gasteiger partial charge in [0.25, 0.3) is 0 Å². The van der Waals surface area contributed by atoms with Gasteiger partial charge in [0.05, 0.1) is 0 Å². The molecular formula is C13H14O2. The molecule has 1 heterocycles. The maximum Gasteiger partial charge on any atom is 0.129 e. The Labute approximate surface area is 89.5 Å². The van der Waals surface area contributed by atoms with Crippen LogP contribution in [0.3, 0.4) is 0 Å². The van der Waals surface area contributed by atoms with Gasteiger partial charge in [0.15, 0.2) is 0 Å². The Morgan fingerprint density at radius 1 is 1.40 bits per heavy atom. The molecule has 0 amide bonds. The highest BCUT2D eigenvalue weighted by atomic mass is 16.5. The molecule has 0 atom stereocenters. The van der Waals surface area contributed by atoms with E-state index in [1.54, 1.807) is 6.08 Å². The largest absolute Gasteiger partial charge is 0.509 e. The van der Waals surface area contributed by atoms with Crippen LogP contribution in [0.2, 0.25) is 0 Å². The van der Waals surface area contributed by atoms with E-state index in [1.807, 2.05) is 38.1 Å². The van der Waals surface area contributed by atoms with Crippen LogP contribution in [0.25, 0.3) is 5.57 Å². The first kappa shape index (κ1) is 9.84. The Morgan fingerprint density at radius 2 is 2.07 bits per heavy atom. The van der Waals surface area contributed by atoms with Crippen molar-refractivity contribution in [1.82, 2.24) is 0 Å². The van der Waals surface area contributed by atoms with Crippen molar-refractivity contribution in [2.24, 2.45) is 0 Å². The summed E-state index contributed by atoms with van der Waals surface area (Å²) in [6, 6.07) is 7.81. The van der Waals surface area contributed by atoms with Gasteiger partial charge >= 0.3 is 0 Å². The van der Waals surface area contributed by atoms with Crippen LogP contribution in [0.4, 0.5) is 0 Å². The Hall–Kier alpha value is -1.70. The smallest absolute Gasteiger partial charge is 0.129 e. The SMILES string of the molecule is C=C(O)/C=C1/c2ccccc2OC1(C)C. The van der Waals surface area contributed by atoms with Gasteiger partial charge in [0, 0.05) is 11.1 Å². The lowest BCUT2D eigenvalue weighted by Crippen LogP contribution is -2.24. The minimum Gasteiger partial charge on any atom is -0.509 e. The second kappa shape index (κ2) is 3.16. The van der Waals surface area contributed by atoms with Crippen LogP contribution in [-0.2, 0) is 0 Å². The Bertz CT molecular complexity index is 442. The van der Waals surface area contributed by atoms with E-state index in [9.17, 15) is 5.11 Å². The van der Waals surface area contributed by atoms with E-state index in [4.69, 9.17) is 4.74 Å². The number of aliphatic hydroxyl groups is 1. The molecule has 2 heteroatoms. The predicted octanol–water partition coefficient (Wildman–Crippen LogP) is 3.31. The maximum atomic E-state index is 9.24. The van der Waals surface area contributed by atoms with Crippen molar-refractivity contribution in [2.45, 2.75) is 19.4 Å². The second-order valence-electron chi connectivity index (χ2n) is 4.16. The summed E-state index contributed by atoms with van der Waals surface area (Å²) in [5, 5.41) is 9.24. The standard InChI is InChI=1S/C13H14O2/c1-9(14)8-11-10-6-4-5-7-12(10)15-13(11,2)3/h4-8,14H,1H2,2-3H3/b11-8-. The third kappa shape index (κ3) is 1.63. The zero-order valence-electron chi connectivity index (χ0n) is 8.95. The fourth-order valence-corrected chi connectivity index (χ4v) is 1.85. The van der Waals surface area contributed by atoms with Gasteiger partial charge in [-0.15, -0.1) is 0 Å². The summed E-state index contributed by atoms with van der Waals surface area (Å²) in [7, 11) is 0. The van der Waals surface area contributed by atoms with Crippen molar-refractivity contribution in [1.29, 1.82) is 0 Å². The van der Waals surface area contributed by atoms with Crippen LogP contribution in [0.1, 0.15) is 19.4 Å². The molecule has 2 nitrogen and oxygen atoms in total. The van der Waals surface area contributed by atoms with Crippen LogP contribution in [0, 0.1) is 0 Å². The molecule has 0 radical (unpaired) electrons. The number of allylic oxidation sites excluding steroid dienone is 1. The molecule has 1 aromatic rings. The number of aliphatic hydroxyl groups excluding tert-OH is 1. The second-order valence-corrected chi connectivity index (χ2v) is 4.16. The highest BCUT2D eigenvalue weighted by molar-refractivity contribution is 5.80. The average Bonchev–Trinajstić information content (AvgIpc) is 2.37. The third-order valence-electron chi connectivity index (χ3n) is 2.50. The molecule has 2 rings (SSSR count). The summed E-state index contributed by atoms with van der Waals surface area (Å²) in [4.78, 5) is 0. The van der Waals surface area contributed by atoms with Crippen LogP contribution < -0.4 is 4.74 Å². The van der Waals surface area contributed by atoms with Crippen LogP contribution in [-0.4, -0.2) is 10.7 Å². The van der Waals surface area contributed by atoms with Crippen molar-refractivity contribution in [3.8, 4) is 5.75 Å². The lowest BCUT2D eigenvalue weighted by molar-refractivity contribution is 0.189. The number of ether oxygens (including phenoxy) is 1. The van der Waals surface area contributed by atoms with E-state index in [1.165, 1.54) is 0 Å². The van der Waals surface area contributed by atoms with Gasteiger partial charge in [-0.3, -0.25) is 0 Å². The summed E-state index contributed by atoms with van der Waals surface area (Å²) < 4.78 is 5.79. The number of fused-ring (bicyclic) bond motifs is 1. The van der Waals surface area contributed by atoms with Gasteiger partial charge in [-0.1, -0.05) is 24.8 Å². The molecule has 1 aliphatic heterocycles. The van der Waals surface area contributed by atoms with Crippen molar-refractivity contribution in [2.75, 3.05) is 0 Å². The number of benzene rings is 1. The van der Waals surface area contributed by atoms with Crippen LogP contribution in [0.5, 0.6) is 5.75 Å². The Balaban J connectivity index is 2.58. The summed E-state index contributed by atoms with van der Waals surface area (Å²) in [5.74, 6) is 0.911. The van der Waals surface area contributed by atoms with Gasteiger partial charge in [0.1, 0.15) is 17.1 Å². The number of para-hydroxylation sites is 1.